The van der Waals surface area contributed by atoms with Gasteiger partial charge in [0.1, 0.15) is 5.82 Å². The van der Waals surface area contributed by atoms with E-state index in [-0.39, 0.29) is 35.1 Å². The number of ether oxygens (including phenoxy) is 1. The molecule has 0 unspecified atom stereocenters. The number of halogens is 1. The van der Waals surface area contributed by atoms with Crippen molar-refractivity contribution in [2.45, 2.75) is 57.0 Å². The van der Waals surface area contributed by atoms with Crippen LogP contribution in [0.5, 0.6) is 0 Å². The average molecular weight is 432 g/mol. The molecule has 0 bridgehead atoms. The fourth-order valence-corrected chi connectivity index (χ4v) is 5.64. The van der Waals surface area contributed by atoms with Crippen LogP contribution in [0.4, 0.5) is 4.39 Å². The number of piperidine rings is 1. The van der Waals surface area contributed by atoms with Crippen LogP contribution in [0.2, 0.25) is 0 Å². The lowest BCUT2D eigenvalue weighted by Crippen LogP contribution is -2.63. The van der Waals surface area contributed by atoms with Gasteiger partial charge in [-0.3, -0.25) is 14.5 Å². The van der Waals surface area contributed by atoms with Gasteiger partial charge in [-0.25, -0.2) is 4.39 Å². The number of carbonyl (C=O) groups is 2. The Morgan fingerprint density at radius 2 is 1.77 bits per heavy atom. The van der Waals surface area contributed by atoms with Crippen LogP contribution in [0.25, 0.3) is 0 Å². The van der Waals surface area contributed by atoms with Crippen molar-refractivity contribution in [3.05, 3.63) is 35.6 Å². The van der Waals surface area contributed by atoms with Crippen LogP contribution in [0, 0.1) is 11.7 Å². The van der Waals surface area contributed by atoms with E-state index >= 15 is 0 Å². The molecule has 3 aliphatic rings. The number of hydrogen-bond donors (Lipinski definition) is 1. The van der Waals surface area contributed by atoms with Crippen molar-refractivity contribution in [2.24, 2.45) is 5.92 Å². The minimum absolute atomic E-state index is 0.0116. The van der Waals surface area contributed by atoms with E-state index in [2.05, 4.69) is 17.1 Å². The van der Waals surface area contributed by atoms with Gasteiger partial charge < -0.3 is 15.0 Å². The first-order chi connectivity index (χ1) is 15.0. The van der Waals surface area contributed by atoms with Gasteiger partial charge in [0, 0.05) is 43.3 Å². The molecular weight excluding hydrogens is 397 g/mol. The van der Waals surface area contributed by atoms with Gasteiger partial charge in [0.15, 0.2) is 0 Å². The topological polar surface area (TPSA) is 61.9 Å². The molecule has 170 valence electrons. The molecule has 0 aromatic heterocycles. The zero-order valence-corrected chi connectivity index (χ0v) is 18.4. The summed E-state index contributed by atoms with van der Waals surface area (Å²) in [5.41, 5.74) is 0.477. The van der Waals surface area contributed by atoms with Crippen molar-refractivity contribution in [2.75, 3.05) is 39.4 Å². The molecule has 1 aromatic rings. The number of nitrogens with one attached hydrogen (secondary N) is 1. The van der Waals surface area contributed by atoms with Gasteiger partial charge in [-0.2, -0.15) is 0 Å². The van der Waals surface area contributed by atoms with Crippen molar-refractivity contribution >= 4 is 11.8 Å². The molecule has 2 saturated heterocycles. The van der Waals surface area contributed by atoms with Crippen molar-refractivity contribution in [3.8, 4) is 0 Å². The first-order valence-corrected chi connectivity index (χ1v) is 11.7. The maximum atomic E-state index is 13.2. The van der Waals surface area contributed by atoms with Crippen molar-refractivity contribution in [1.29, 1.82) is 0 Å². The predicted molar refractivity (Wildman–Crippen MR) is 116 cm³/mol. The Kier molecular flexibility index (Phi) is 6.92. The van der Waals surface area contributed by atoms with Gasteiger partial charge >= 0.3 is 0 Å². The highest BCUT2D eigenvalue weighted by Gasteiger charge is 2.45. The molecule has 31 heavy (non-hydrogen) atoms. The van der Waals surface area contributed by atoms with E-state index in [1.165, 1.54) is 37.1 Å². The third-order valence-corrected chi connectivity index (χ3v) is 7.45. The monoisotopic (exact) mass is 431 g/mol. The van der Waals surface area contributed by atoms with E-state index < -0.39 is 0 Å². The minimum Gasteiger partial charge on any atom is -0.379 e. The smallest absolute Gasteiger partial charge is 0.253 e. The first-order valence-electron chi connectivity index (χ1n) is 11.7. The molecule has 3 fully saturated rings. The van der Waals surface area contributed by atoms with Crippen molar-refractivity contribution in [3.63, 3.8) is 0 Å². The third kappa shape index (κ3) is 4.77. The summed E-state index contributed by atoms with van der Waals surface area (Å²) in [5.74, 6) is -0.652. The van der Waals surface area contributed by atoms with Gasteiger partial charge in [-0.05, 0) is 56.9 Å². The summed E-state index contributed by atoms with van der Waals surface area (Å²) < 4.78 is 18.7. The minimum atomic E-state index is -0.359. The van der Waals surface area contributed by atoms with Gasteiger partial charge in [-0.15, -0.1) is 0 Å². The maximum absolute atomic E-state index is 13.2. The predicted octanol–water partition coefficient (Wildman–Crippen LogP) is 2.83. The van der Waals surface area contributed by atoms with Crippen LogP contribution in [-0.4, -0.2) is 72.6 Å². The van der Waals surface area contributed by atoms with Crippen LogP contribution < -0.4 is 5.32 Å². The van der Waals surface area contributed by atoms with Crippen LogP contribution in [0.15, 0.2) is 24.3 Å². The van der Waals surface area contributed by atoms with Crippen LogP contribution >= 0.6 is 0 Å². The third-order valence-electron chi connectivity index (χ3n) is 7.45. The van der Waals surface area contributed by atoms with E-state index in [9.17, 15) is 14.0 Å². The lowest BCUT2D eigenvalue weighted by atomic mass is 9.85. The molecule has 4 rings (SSSR count). The zero-order valence-electron chi connectivity index (χ0n) is 18.4. The molecule has 2 heterocycles. The summed E-state index contributed by atoms with van der Waals surface area (Å²) >= 11 is 0. The van der Waals surface area contributed by atoms with E-state index in [1.54, 1.807) is 4.90 Å². The molecule has 1 saturated carbocycles. The summed E-state index contributed by atoms with van der Waals surface area (Å²) in [5, 5.41) is 3.33. The Labute approximate surface area is 184 Å². The quantitative estimate of drug-likeness (QED) is 0.779. The Hall–Kier alpha value is -1.99. The Balaban J connectivity index is 1.39. The van der Waals surface area contributed by atoms with E-state index in [4.69, 9.17) is 4.74 Å². The molecule has 0 radical (unpaired) electrons. The molecule has 1 N–H and O–H groups in total. The number of likely N-dealkylation sites (tertiary alicyclic amines) is 1. The normalized spacial score (nSPS) is 25.2. The zero-order chi connectivity index (χ0) is 21.8. The lowest BCUT2D eigenvalue weighted by Gasteiger charge is -2.47. The van der Waals surface area contributed by atoms with Crippen LogP contribution in [0.1, 0.15) is 55.8 Å². The molecule has 6 nitrogen and oxygen atoms in total. The van der Waals surface area contributed by atoms with E-state index in [1.807, 2.05) is 0 Å². The summed E-state index contributed by atoms with van der Waals surface area (Å²) in [6.07, 6.45) is 6.19. The number of hydrogen-bond acceptors (Lipinski definition) is 4. The van der Waals surface area contributed by atoms with Crippen LogP contribution in [-0.2, 0) is 9.53 Å². The van der Waals surface area contributed by atoms with E-state index in [0.29, 0.717) is 18.7 Å². The number of rotatable bonds is 5. The molecule has 2 aliphatic heterocycles. The molecule has 1 aromatic carbocycles. The number of nitrogens with zero attached hydrogens (tertiary/aromatic N) is 2. The summed E-state index contributed by atoms with van der Waals surface area (Å²) in [7, 11) is 0. The van der Waals surface area contributed by atoms with Gasteiger partial charge in [0.25, 0.3) is 5.91 Å². The Bertz CT molecular complexity index is 773. The number of amides is 2. The van der Waals surface area contributed by atoms with Gasteiger partial charge in [0.2, 0.25) is 5.91 Å². The fraction of sp³-hybridized carbons (Fsp3) is 0.667. The maximum Gasteiger partial charge on any atom is 0.253 e. The molecule has 2 atom stereocenters. The van der Waals surface area contributed by atoms with Gasteiger partial charge in [0.05, 0.1) is 19.1 Å². The summed E-state index contributed by atoms with van der Waals surface area (Å²) in [4.78, 5) is 30.3. The van der Waals surface area contributed by atoms with Gasteiger partial charge in [-0.1, -0.05) is 12.8 Å². The standard InChI is InChI=1S/C24H34FN3O3/c1-18(24(10-2-3-11-24)28-13-15-31-16-14-28)26-22(29)20-5-4-12-27(17-20)23(30)19-6-8-21(25)9-7-19/h6-9,18,20H,2-5,10-17H2,1H3,(H,26,29)/t18-,20-/m0/s1. The molecule has 1 aliphatic carbocycles. The van der Waals surface area contributed by atoms with E-state index in [0.717, 1.165) is 52.0 Å². The highest BCUT2D eigenvalue weighted by atomic mass is 19.1. The lowest BCUT2D eigenvalue weighted by molar-refractivity contribution is -0.128. The molecule has 7 heteroatoms. The SMILES string of the molecule is C[C@H](NC(=O)[C@H]1CCCN(C(=O)c2ccc(F)cc2)C1)C1(N2CCOCC2)CCCC1. The van der Waals surface area contributed by atoms with Crippen molar-refractivity contribution < 1.29 is 18.7 Å². The molecule has 0 spiro atoms. The number of morpholine rings is 1. The second-order valence-electron chi connectivity index (χ2n) is 9.24. The van der Waals surface area contributed by atoms with Crippen molar-refractivity contribution in [1.82, 2.24) is 15.1 Å². The number of benzene rings is 1. The van der Waals surface area contributed by atoms with Crippen LogP contribution in [0.3, 0.4) is 0 Å². The Morgan fingerprint density at radius 1 is 1.10 bits per heavy atom. The molecule has 2 amide bonds. The first kappa shape index (κ1) is 22.2. The average Bonchev–Trinajstić information content (AvgIpc) is 3.31. The summed E-state index contributed by atoms with van der Waals surface area (Å²) in [6, 6.07) is 5.68. The summed E-state index contributed by atoms with van der Waals surface area (Å²) in [6.45, 7) is 6.54. The largest absolute Gasteiger partial charge is 0.379 e. The molecular formula is C24H34FN3O3. The fourth-order valence-electron chi connectivity index (χ4n) is 5.64. The highest BCUT2D eigenvalue weighted by Crippen LogP contribution is 2.38. The Morgan fingerprint density at radius 3 is 2.45 bits per heavy atom. The number of carbonyl (C=O) groups excluding carboxylic acids is 2. The highest BCUT2D eigenvalue weighted by molar-refractivity contribution is 5.94. The second kappa shape index (κ2) is 9.65. The second-order valence-corrected chi connectivity index (χ2v) is 9.24.